The average Bonchev–Trinajstić information content (AvgIpc) is 2.27. The van der Waals surface area contributed by atoms with Gasteiger partial charge >= 0.3 is 5.97 Å². The summed E-state index contributed by atoms with van der Waals surface area (Å²) in [6.45, 7) is 7.69. The first-order valence-electron chi connectivity index (χ1n) is 4.88. The molecule has 0 aliphatic heterocycles. The molecule has 0 saturated heterocycles. The average molecular weight is 236 g/mol. The van der Waals surface area contributed by atoms with Crippen molar-refractivity contribution in [2.24, 2.45) is 0 Å². The Labute approximate surface area is 95.4 Å². The molecule has 0 bridgehead atoms. The van der Waals surface area contributed by atoms with Crippen LogP contribution >= 0.6 is 0 Å². The van der Waals surface area contributed by atoms with Gasteiger partial charge in [-0.05, 0) is 13.8 Å². The summed E-state index contributed by atoms with van der Waals surface area (Å²) in [5.74, 6) is -0.517. The SMILES string of the molecule is C=C(C)C(=O)OOCC.OCCOCCO. The fourth-order valence-corrected chi connectivity index (χ4v) is 0.415. The number of carbonyl (C=O) groups excluding carboxylic acids is 1. The van der Waals surface area contributed by atoms with Crippen molar-refractivity contribution in [2.75, 3.05) is 33.0 Å². The first-order chi connectivity index (χ1) is 7.59. The van der Waals surface area contributed by atoms with E-state index in [-0.39, 0.29) is 13.2 Å². The Balaban J connectivity index is 0. The molecule has 2 N–H and O–H groups in total. The predicted molar refractivity (Wildman–Crippen MR) is 57.5 cm³/mol. The van der Waals surface area contributed by atoms with Crippen LogP contribution in [0.5, 0.6) is 0 Å². The largest absolute Gasteiger partial charge is 0.394 e. The molecule has 0 heterocycles. The van der Waals surface area contributed by atoms with Crippen molar-refractivity contribution < 1.29 is 29.5 Å². The molecule has 0 atom stereocenters. The summed E-state index contributed by atoms with van der Waals surface area (Å²) in [7, 11) is 0. The van der Waals surface area contributed by atoms with Crippen molar-refractivity contribution in [3.8, 4) is 0 Å². The minimum atomic E-state index is -0.517. The van der Waals surface area contributed by atoms with Crippen molar-refractivity contribution in [3.63, 3.8) is 0 Å². The maximum Gasteiger partial charge on any atom is 0.368 e. The highest BCUT2D eigenvalue weighted by Gasteiger charge is 2.01. The normalized spacial score (nSPS) is 9.00. The molecule has 0 aromatic rings. The summed E-state index contributed by atoms with van der Waals surface area (Å²) < 4.78 is 4.63. The number of hydrogen-bond acceptors (Lipinski definition) is 6. The topological polar surface area (TPSA) is 85.2 Å². The summed E-state index contributed by atoms with van der Waals surface area (Å²) in [6, 6.07) is 0. The maximum absolute atomic E-state index is 10.5. The highest BCUT2D eigenvalue weighted by molar-refractivity contribution is 5.86. The van der Waals surface area contributed by atoms with Gasteiger partial charge in [0.1, 0.15) is 0 Å². The van der Waals surface area contributed by atoms with E-state index >= 15 is 0 Å². The smallest absolute Gasteiger partial charge is 0.368 e. The molecule has 96 valence electrons. The molecule has 0 fully saturated rings. The summed E-state index contributed by atoms with van der Waals surface area (Å²) in [5, 5.41) is 16.2. The Morgan fingerprint density at radius 3 is 2.06 bits per heavy atom. The lowest BCUT2D eigenvalue weighted by molar-refractivity contribution is -0.265. The third kappa shape index (κ3) is 15.5. The van der Waals surface area contributed by atoms with Crippen LogP contribution in [0.4, 0.5) is 0 Å². The van der Waals surface area contributed by atoms with Gasteiger partial charge in [-0.3, -0.25) is 4.89 Å². The number of aliphatic hydroxyl groups excluding tert-OH is 2. The zero-order valence-electron chi connectivity index (χ0n) is 9.77. The van der Waals surface area contributed by atoms with Crippen LogP contribution in [0.1, 0.15) is 13.8 Å². The molecule has 6 nitrogen and oxygen atoms in total. The van der Waals surface area contributed by atoms with Crippen LogP contribution in [0.25, 0.3) is 0 Å². The number of rotatable bonds is 7. The maximum atomic E-state index is 10.5. The molecular formula is C10H20O6. The Bertz CT molecular complexity index is 176. The van der Waals surface area contributed by atoms with E-state index in [1.807, 2.05) is 0 Å². The number of carbonyl (C=O) groups is 1. The van der Waals surface area contributed by atoms with Crippen molar-refractivity contribution in [2.45, 2.75) is 13.8 Å². The van der Waals surface area contributed by atoms with Crippen LogP contribution in [0.15, 0.2) is 12.2 Å². The van der Waals surface area contributed by atoms with Gasteiger partial charge < -0.3 is 14.9 Å². The Kier molecular flexibility index (Phi) is 15.3. The van der Waals surface area contributed by atoms with E-state index in [0.29, 0.717) is 25.4 Å². The summed E-state index contributed by atoms with van der Waals surface area (Å²) in [4.78, 5) is 19.0. The Hall–Kier alpha value is -0.950. The Morgan fingerprint density at radius 2 is 1.75 bits per heavy atom. The lowest BCUT2D eigenvalue weighted by Crippen LogP contribution is -2.05. The fraction of sp³-hybridized carbons (Fsp3) is 0.700. The second-order valence-corrected chi connectivity index (χ2v) is 2.62. The van der Waals surface area contributed by atoms with Crippen LogP contribution < -0.4 is 0 Å². The summed E-state index contributed by atoms with van der Waals surface area (Å²) >= 11 is 0. The van der Waals surface area contributed by atoms with Gasteiger partial charge in [0.2, 0.25) is 0 Å². The first-order valence-corrected chi connectivity index (χ1v) is 4.88. The van der Waals surface area contributed by atoms with E-state index in [9.17, 15) is 4.79 Å². The zero-order chi connectivity index (χ0) is 12.8. The fourth-order valence-electron chi connectivity index (χ4n) is 0.415. The van der Waals surface area contributed by atoms with Gasteiger partial charge in [0.25, 0.3) is 0 Å². The van der Waals surface area contributed by atoms with Gasteiger partial charge in [0.15, 0.2) is 0 Å². The molecule has 16 heavy (non-hydrogen) atoms. The van der Waals surface area contributed by atoms with Crippen LogP contribution in [0.2, 0.25) is 0 Å². The molecule has 0 spiro atoms. The quantitative estimate of drug-likeness (QED) is 0.281. The summed E-state index contributed by atoms with van der Waals surface area (Å²) in [6.07, 6.45) is 0. The first kappa shape index (κ1) is 17.4. The van der Waals surface area contributed by atoms with Gasteiger partial charge in [0, 0.05) is 5.57 Å². The lowest BCUT2D eigenvalue weighted by atomic mass is 10.4. The van der Waals surface area contributed by atoms with Crippen LogP contribution in [0, 0.1) is 0 Å². The molecule has 0 amide bonds. The lowest BCUT2D eigenvalue weighted by Gasteiger charge is -1.97. The highest BCUT2D eigenvalue weighted by atomic mass is 17.2. The van der Waals surface area contributed by atoms with Crippen molar-refractivity contribution in [3.05, 3.63) is 12.2 Å². The molecule has 0 saturated carbocycles. The van der Waals surface area contributed by atoms with E-state index in [4.69, 9.17) is 10.2 Å². The predicted octanol–water partition coefficient (Wildman–Crippen LogP) is 0.0448. The van der Waals surface area contributed by atoms with Crippen LogP contribution in [-0.2, 0) is 19.3 Å². The van der Waals surface area contributed by atoms with Gasteiger partial charge in [-0.2, -0.15) is 4.89 Å². The van der Waals surface area contributed by atoms with Crippen molar-refractivity contribution in [1.82, 2.24) is 0 Å². The van der Waals surface area contributed by atoms with Crippen molar-refractivity contribution in [1.29, 1.82) is 0 Å². The summed E-state index contributed by atoms with van der Waals surface area (Å²) in [5.41, 5.74) is 0.337. The van der Waals surface area contributed by atoms with Crippen LogP contribution in [0.3, 0.4) is 0 Å². The van der Waals surface area contributed by atoms with Gasteiger partial charge in [-0.1, -0.05) is 6.58 Å². The van der Waals surface area contributed by atoms with E-state index in [1.54, 1.807) is 13.8 Å². The molecule has 0 rings (SSSR count). The molecule has 0 unspecified atom stereocenters. The van der Waals surface area contributed by atoms with Crippen LogP contribution in [-0.4, -0.2) is 49.2 Å². The minimum Gasteiger partial charge on any atom is -0.394 e. The third-order valence-electron chi connectivity index (χ3n) is 1.07. The molecule has 0 aromatic heterocycles. The number of ether oxygens (including phenoxy) is 1. The number of hydrogen-bond donors (Lipinski definition) is 2. The van der Waals surface area contributed by atoms with E-state index < -0.39 is 5.97 Å². The second-order valence-electron chi connectivity index (χ2n) is 2.62. The molecule has 0 aromatic carbocycles. The van der Waals surface area contributed by atoms with E-state index in [2.05, 4.69) is 21.1 Å². The van der Waals surface area contributed by atoms with Gasteiger partial charge in [-0.25, -0.2) is 4.79 Å². The molecule has 0 aliphatic carbocycles. The monoisotopic (exact) mass is 236 g/mol. The third-order valence-corrected chi connectivity index (χ3v) is 1.07. The van der Waals surface area contributed by atoms with Gasteiger partial charge in [0.05, 0.1) is 33.0 Å². The molecule has 0 aliphatic rings. The van der Waals surface area contributed by atoms with Crippen molar-refractivity contribution >= 4 is 5.97 Å². The highest BCUT2D eigenvalue weighted by Crippen LogP contribution is 1.91. The molecule has 0 radical (unpaired) electrons. The number of aliphatic hydroxyl groups is 2. The minimum absolute atomic E-state index is 0.0278. The Morgan fingerprint density at radius 1 is 1.25 bits per heavy atom. The molecular weight excluding hydrogens is 216 g/mol. The van der Waals surface area contributed by atoms with E-state index in [0.717, 1.165) is 0 Å². The zero-order valence-corrected chi connectivity index (χ0v) is 9.77. The van der Waals surface area contributed by atoms with E-state index in [1.165, 1.54) is 0 Å². The second kappa shape index (κ2) is 14.1. The van der Waals surface area contributed by atoms with Gasteiger partial charge in [-0.15, -0.1) is 0 Å². The standard InChI is InChI=1S/C6H10O3.C4H10O3/c1-4-8-9-6(7)5(2)3;5-1-3-7-4-2-6/h2,4H2,1,3H3;5-6H,1-4H2. The molecule has 6 heteroatoms.